The van der Waals surface area contributed by atoms with Gasteiger partial charge in [0.25, 0.3) is 0 Å². The first-order chi connectivity index (χ1) is 9.73. The number of aliphatic hydroxyl groups excluding tert-OH is 1. The quantitative estimate of drug-likeness (QED) is 0.820. The number of hydrogen-bond donors (Lipinski definition) is 2. The van der Waals surface area contributed by atoms with E-state index in [1.807, 2.05) is 13.8 Å². The number of carbonyl (C=O) groups excluding carboxylic acids is 1. The fourth-order valence-electron chi connectivity index (χ4n) is 2.21. The third kappa shape index (κ3) is 3.33. The summed E-state index contributed by atoms with van der Waals surface area (Å²) in [5.74, 6) is -0.473. The van der Waals surface area contributed by atoms with Gasteiger partial charge in [-0.15, -0.1) is 0 Å². The first-order valence-electron chi connectivity index (χ1n) is 6.70. The fraction of sp³-hybridized carbons (Fsp3) is 0.400. The molecule has 2 N–H and O–H groups in total. The van der Waals surface area contributed by atoms with Crippen molar-refractivity contribution in [3.8, 4) is 0 Å². The van der Waals surface area contributed by atoms with Crippen LogP contribution in [0.1, 0.15) is 20.3 Å². The third-order valence-corrected chi connectivity index (χ3v) is 5.43. The molecule has 0 heterocycles. The molecular formula is C15H19NO4S. The summed E-state index contributed by atoms with van der Waals surface area (Å²) in [7, 11) is -3.61. The highest BCUT2D eigenvalue weighted by Gasteiger charge is 2.47. The lowest BCUT2D eigenvalue weighted by molar-refractivity contribution is -0.124. The standard InChI is InChI=1S/C15H19NO4S/c1-15(2)12(10-13(15)17)16-14(18)8-9-21(19,20)11-6-4-3-5-7-11/h3-9,12-13,17H,10H2,1-2H3,(H,16,18)/b9-8+. The van der Waals surface area contributed by atoms with Gasteiger partial charge in [0, 0.05) is 22.9 Å². The van der Waals surface area contributed by atoms with Crippen molar-refractivity contribution in [3.63, 3.8) is 0 Å². The van der Waals surface area contributed by atoms with Crippen LogP contribution in [0.3, 0.4) is 0 Å². The minimum absolute atomic E-state index is 0.147. The van der Waals surface area contributed by atoms with Gasteiger partial charge in [0.15, 0.2) is 9.84 Å². The zero-order chi connectivity index (χ0) is 15.7. The van der Waals surface area contributed by atoms with Crippen molar-refractivity contribution in [1.82, 2.24) is 5.32 Å². The molecule has 2 unspecified atom stereocenters. The second-order valence-corrected chi connectivity index (χ2v) is 7.63. The van der Waals surface area contributed by atoms with Crippen LogP contribution in [0.4, 0.5) is 0 Å². The highest BCUT2D eigenvalue weighted by molar-refractivity contribution is 7.94. The lowest BCUT2D eigenvalue weighted by Gasteiger charge is -2.49. The topological polar surface area (TPSA) is 83.5 Å². The zero-order valence-corrected chi connectivity index (χ0v) is 12.8. The molecule has 114 valence electrons. The molecule has 2 atom stereocenters. The van der Waals surface area contributed by atoms with Gasteiger partial charge >= 0.3 is 0 Å². The smallest absolute Gasteiger partial charge is 0.244 e. The summed E-state index contributed by atoms with van der Waals surface area (Å²) in [4.78, 5) is 11.9. The average molecular weight is 309 g/mol. The van der Waals surface area contributed by atoms with Crippen LogP contribution in [0.2, 0.25) is 0 Å². The van der Waals surface area contributed by atoms with E-state index in [0.717, 1.165) is 11.5 Å². The largest absolute Gasteiger partial charge is 0.392 e. The number of rotatable bonds is 4. The Morgan fingerprint density at radius 3 is 2.48 bits per heavy atom. The molecule has 0 aromatic heterocycles. The van der Waals surface area contributed by atoms with E-state index in [-0.39, 0.29) is 16.4 Å². The van der Waals surface area contributed by atoms with Crippen molar-refractivity contribution in [2.24, 2.45) is 5.41 Å². The van der Waals surface area contributed by atoms with Gasteiger partial charge in [0.1, 0.15) is 0 Å². The molecule has 0 radical (unpaired) electrons. The average Bonchev–Trinajstić information content (AvgIpc) is 2.46. The molecule has 21 heavy (non-hydrogen) atoms. The Morgan fingerprint density at radius 1 is 1.33 bits per heavy atom. The summed E-state index contributed by atoms with van der Waals surface area (Å²) in [5, 5.41) is 13.2. The van der Waals surface area contributed by atoms with Crippen LogP contribution < -0.4 is 5.32 Å². The summed E-state index contributed by atoms with van der Waals surface area (Å²) in [6.07, 6.45) is 1.06. The van der Waals surface area contributed by atoms with Gasteiger partial charge in [-0.3, -0.25) is 4.79 Å². The molecule has 0 spiro atoms. The molecule has 1 fully saturated rings. The van der Waals surface area contributed by atoms with Crippen molar-refractivity contribution in [2.75, 3.05) is 0 Å². The Morgan fingerprint density at radius 2 is 1.95 bits per heavy atom. The molecule has 6 heteroatoms. The Bertz CT molecular complexity index is 650. The van der Waals surface area contributed by atoms with Crippen molar-refractivity contribution in [1.29, 1.82) is 0 Å². The van der Waals surface area contributed by atoms with Gasteiger partial charge in [0.05, 0.1) is 11.0 Å². The van der Waals surface area contributed by atoms with E-state index < -0.39 is 21.8 Å². The number of carbonyl (C=O) groups is 1. The van der Waals surface area contributed by atoms with E-state index in [2.05, 4.69) is 5.32 Å². The van der Waals surface area contributed by atoms with Gasteiger partial charge in [-0.05, 0) is 18.6 Å². The molecule has 0 bridgehead atoms. The van der Waals surface area contributed by atoms with Crippen molar-refractivity contribution in [2.45, 2.75) is 37.3 Å². The third-order valence-electron chi connectivity index (χ3n) is 4.00. The lowest BCUT2D eigenvalue weighted by atomic mass is 9.64. The van der Waals surface area contributed by atoms with E-state index in [4.69, 9.17) is 0 Å². The van der Waals surface area contributed by atoms with E-state index in [9.17, 15) is 18.3 Å². The van der Waals surface area contributed by atoms with Crippen LogP contribution in [0.25, 0.3) is 0 Å². The highest BCUT2D eigenvalue weighted by atomic mass is 32.2. The van der Waals surface area contributed by atoms with Crippen molar-refractivity contribution >= 4 is 15.7 Å². The molecule has 1 aliphatic carbocycles. The Hall–Kier alpha value is -1.66. The number of benzene rings is 1. The maximum Gasteiger partial charge on any atom is 0.244 e. The molecule has 0 aliphatic heterocycles. The molecule has 1 aromatic rings. The number of amides is 1. The van der Waals surface area contributed by atoms with Crippen molar-refractivity contribution in [3.05, 3.63) is 41.8 Å². The Balaban J connectivity index is 2.00. The number of aliphatic hydroxyl groups is 1. The zero-order valence-electron chi connectivity index (χ0n) is 12.0. The molecule has 0 saturated heterocycles. The van der Waals surface area contributed by atoms with E-state index >= 15 is 0 Å². The van der Waals surface area contributed by atoms with Crippen LogP contribution in [0, 0.1) is 5.41 Å². The summed E-state index contributed by atoms with van der Waals surface area (Å²) >= 11 is 0. The van der Waals surface area contributed by atoms with Gasteiger partial charge < -0.3 is 10.4 Å². The van der Waals surface area contributed by atoms with Crippen LogP contribution in [-0.2, 0) is 14.6 Å². The second kappa shape index (κ2) is 5.61. The molecule has 2 rings (SSSR count). The Labute approximate surface area is 124 Å². The van der Waals surface area contributed by atoms with Crippen molar-refractivity contribution < 1.29 is 18.3 Å². The first kappa shape index (κ1) is 15.7. The van der Waals surface area contributed by atoms with Crippen LogP contribution in [0.5, 0.6) is 0 Å². The predicted octanol–water partition coefficient (Wildman–Crippen LogP) is 1.25. The normalized spacial score (nSPS) is 24.5. The summed E-state index contributed by atoms with van der Waals surface area (Å²) in [5.41, 5.74) is -0.387. The number of nitrogens with one attached hydrogen (secondary N) is 1. The monoisotopic (exact) mass is 309 g/mol. The molecule has 5 nitrogen and oxygen atoms in total. The summed E-state index contributed by atoms with van der Waals surface area (Å²) in [6, 6.07) is 7.77. The lowest BCUT2D eigenvalue weighted by Crippen LogP contribution is -2.60. The molecular weight excluding hydrogens is 290 g/mol. The molecule has 1 saturated carbocycles. The van der Waals surface area contributed by atoms with Crippen LogP contribution >= 0.6 is 0 Å². The highest BCUT2D eigenvalue weighted by Crippen LogP contribution is 2.40. The fourth-order valence-corrected chi connectivity index (χ4v) is 3.20. The summed E-state index contributed by atoms with van der Waals surface area (Å²) < 4.78 is 24.0. The maximum absolute atomic E-state index is 12.0. The minimum Gasteiger partial charge on any atom is -0.392 e. The van der Waals surface area contributed by atoms with E-state index in [1.165, 1.54) is 12.1 Å². The minimum atomic E-state index is -3.61. The molecule has 1 aliphatic rings. The van der Waals surface area contributed by atoms with E-state index in [1.54, 1.807) is 18.2 Å². The van der Waals surface area contributed by atoms with Gasteiger partial charge in [0.2, 0.25) is 5.91 Å². The van der Waals surface area contributed by atoms with Gasteiger partial charge in [-0.2, -0.15) is 0 Å². The number of hydrogen-bond acceptors (Lipinski definition) is 4. The van der Waals surface area contributed by atoms with Gasteiger partial charge in [-0.25, -0.2) is 8.42 Å². The SMILES string of the molecule is CC1(C)C(O)CC1NC(=O)/C=C/S(=O)(=O)c1ccccc1. The molecule has 1 amide bonds. The predicted molar refractivity (Wildman–Crippen MR) is 79.1 cm³/mol. The van der Waals surface area contributed by atoms with Crippen LogP contribution in [-0.4, -0.2) is 31.6 Å². The maximum atomic E-state index is 12.0. The summed E-state index contributed by atoms with van der Waals surface area (Å²) in [6.45, 7) is 3.72. The Kier molecular flexibility index (Phi) is 4.20. The van der Waals surface area contributed by atoms with Crippen LogP contribution in [0.15, 0.2) is 46.7 Å². The number of sulfone groups is 1. The first-order valence-corrected chi connectivity index (χ1v) is 8.25. The van der Waals surface area contributed by atoms with Gasteiger partial charge in [-0.1, -0.05) is 32.0 Å². The van der Waals surface area contributed by atoms with E-state index in [0.29, 0.717) is 6.42 Å². The second-order valence-electron chi connectivity index (χ2n) is 5.79. The molecule has 1 aromatic carbocycles.